The predicted molar refractivity (Wildman–Crippen MR) is 79.9 cm³/mol. The normalized spacial score (nSPS) is 24.4. The van der Waals surface area contributed by atoms with E-state index in [9.17, 15) is 4.79 Å². The van der Waals surface area contributed by atoms with E-state index in [2.05, 4.69) is 12.1 Å². The zero-order valence-corrected chi connectivity index (χ0v) is 11.7. The van der Waals surface area contributed by atoms with Crippen LogP contribution in [-0.2, 0) is 11.2 Å². The van der Waals surface area contributed by atoms with Gasteiger partial charge in [-0.1, -0.05) is 48.5 Å². The molecule has 2 aliphatic rings. The van der Waals surface area contributed by atoms with Crippen LogP contribution in [0.4, 0.5) is 0 Å². The molecule has 0 radical (unpaired) electrons. The summed E-state index contributed by atoms with van der Waals surface area (Å²) in [4.78, 5) is 14.9. The van der Waals surface area contributed by atoms with E-state index in [-0.39, 0.29) is 18.2 Å². The first-order valence-corrected chi connectivity index (χ1v) is 7.42. The standard InChI is InChI=1S/C18H17NO2/c20-18-15-9-5-4-6-13(15)10-11-17-19(18)16(12-21-17)14-7-2-1-3-8-14/h1-9,16-17H,10-12H2/t16-,17+/m0/s1. The van der Waals surface area contributed by atoms with Crippen molar-refractivity contribution in [3.05, 3.63) is 71.3 Å². The molecule has 106 valence electrons. The summed E-state index contributed by atoms with van der Waals surface area (Å²) < 4.78 is 5.91. The van der Waals surface area contributed by atoms with Gasteiger partial charge in [0.1, 0.15) is 6.23 Å². The predicted octanol–water partition coefficient (Wildman–Crippen LogP) is 3.17. The molecule has 2 atom stereocenters. The van der Waals surface area contributed by atoms with Crippen molar-refractivity contribution in [2.24, 2.45) is 0 Å². The zero-order chi connectivity index (χ0) is 14.2. The Morgan fingerprint density at radius 2 is 1.76 bits per heavy atom. The summed E-state index contributed by atoms with van der Waals surface area (Å²) >= 11 is 0. The largest absolute Gasteiger partial charge is 0.356 e. The average molecular weight is 279 g/mol. The lowest BCUT2D eigenvalue weighted by Crippen LogP contribution is -2.36. The molecule has 0 aromatic heterocycles. The molecule has 1 fully saturated rings. The molecule has 2 aromatic carbocycles. The van der Waals surface area contributed by atoms with Gasteiger partial charge >= 0.3 is 0 Å². The second kappa shape index (κ2) is 5.01. The van der Waals surface area contributed by atoms with E-state index in [0.717, 1.165) is 29.5 Å². The van der Waals surface area contributed by atoms with Crippen LogP contribution >= 0.6 is 0 Å². The first-order valence-electron chi connectivity index (χ1n) is 7.42. The molecule has 3 nitrogen and oxygen atoms in total. The number of fused-ring (bicyclic) bond motifs is 2. The number of hydrogen-bond acceptors (Lipinski definition) is 2. The molecule has 1 saturated heterocycles. The summed E-state index contributed by atoms with van der Waals surface area (Å²) in [6.07, 6.45) is 1.66. The van der Waals surface area contributed by atoms with Crippen molar-refractivity contribution in [1.29, 1.82) is 0 Å². The number of nitrogens with zero attached hydrogens (tertiary/aromatic N) is 1. The Morgan fingerprint density at radius 1 is 1.00 bits per heavy atom. The molecule has 0 saturated carbocycles. The van der Waals surface area contributed by atoms with Crippen LogP contribution in [0, 0.1) is 0 Å². The van der Waals surface area contributed by atoms with Crippen LogP contribution in [0.5, 0.6) is 0 Å². The number of aryl methyl sites for hydroxylation is 1. The van der Waals surface area contributed by atoms with Crippen LogP contribution in [0.25, 0.3) is 0 Å². The highest BCUT2D eigenvalue weighted by atomic mass is 16.5. The van der Waals surface area contributed by atoms with Crippen LogP contribution in [0.3, 0.4) is 0 Å². The third-order valence-corrected chi connectivity index (χ3v) is 4.42. The number of ether oxygens (including phenoxy) is 1. The number of amides is 1. The second-order valence-corrected chi connectivity index (χ2v) is 5.62. The summed E-state index contributed by atoms with van der Waals surface area (Å²) in [5, 5.41) is 0. The smallest absolute Gasteiger partial charge is 0.256 e. The van der Waals surface area contributed by atoms with Crippen molar-refractivity contribution in [3.8, 4) is 0 Å². The fourth-order valence-corrected chi connectivity index (χ4v) is 3.36. The van der Waals surface area contributed by atoms with Gasteiger partial charge in [0.2, 0.25) is 0 Å². The number of carbonyl (C=O) groups excluding carboxylic acids is 1. The number of benzene rings is 2. The van der Waals surface area contributed by atoms with E-state index < -0.39 is 0 Å². The van der Waals surface area contributed by atoms with Gasteiger partial charge in [-0.25, -0.2) is 0 Å². The first-order chi connectivity index (χ1) is 10.3. The lowest BCUT2D eigenvalue weighted by Gasteiger charge is -2.27. The maximum absolute atomic E-state index is 12.9. The van der Waals surface area contributed by atoms with Gasteiger partial charge in [-0.15, -0.1) is 0 Å². The fraction of sp³-hybridized carbons (Fsp3) is 0.278. The minimum Gasteiger partial charge on any atom is -0.356 e. The Bertz CT molecular complexity index is 668. The highest BCUT2D eigenvalue weighted by Crippen LogP contribution is 2.36. The lowest BCUT2D eigenvalue weighted by atomic mass is 10.0. The summed E-state index contributed by atoms with van der Waals surface area (Å²) in [6.45, 7) is 0.586. The topological polar surface area (TPSA) is 29.5 Å². The molecule has 2 aromatic rings. The van der Waals surface area contributed by atoms with E-state index in [1.807, 2.05) is 47.4 Å². The maximum atomic E-state index is 12.9. The summed E-state index contributed by atoms with van der Waals surface area (Å²) in [5.41, 5.74) is 3.10. The monoisotopic (exact) mass is 279 g/mol. The van der Waals surface area contributed by atoms with E-state index in [0.29, 0.717) is 6.61 Å². The van der Waals surface area contributed by atoms with Gasteiger partial charge in [-0.05, 0) is 30.0 Å². The van der Waals surface area contributed by atoms with E-state index >= 15 is 0 Å². The Labute approximate surface area is 124 Å². The van der Waals surface area contributed by atoms with Gasteiger partial charge in [-0.3, -0.25) is 4.79 Å². The van der Waals surface area contributed by atoms with Crippen molar-refractivity contribution in [2.75, 3.05) is 6.61 Å². The van der Waals surface area contributed by atoms with Crippen molar-refractivity contribution < 1.29 is 9.53 Å². The third-order valence-electron chi connectivity index (χ3n) is 4.42. The van der Waals surface area contributed by atoms with E-state index in [1.165, 1.54) is 0 Å². The Balaban J connectivity index is 1.75. The Kier molecular flexibility index (Phi) is 3.00. The molecule has 1 amide bonds. The highest BCUT2D eigenvalue weighted by Gasteiger charge is 2.41. The molecule has 21 heavy (non-hydrogen) atoms. The Morgan fingerprint density at radius 3 is 2.62 bits per heavy atom. The van der Waals surface area contributed by atoms with E-state index in [4.69, 9.17) is 4.74 Å². The summed E-state index contributed by atoms with van der Waals surface area (Å²) in [5.74, 6) is 0.0967. The van der Waals surface area contributed by atoms with Crippen LogP contribution in [0.15, 0.2) is 54.6 Å². The van der Waals surface area contributed by atoms with Gasteiger partial charge in [-0.2, -0.15) is 0 Å². The van der Waals surface area contributed by atoms with Gasteiger partial charge in [0.25, 0.3) is 5.91 Å². The minimum atomic E-state index is -0.102. The van der Waals surface area contributed by atoms with Gasteiger partial charge < -0.3 is 9.64 Å². The Hall–Kier alpha value is -2.13. The van der Waals surface area contributed by atoms with Crippen molar-refractivity contribution in [3.63, 3.8) is 0 Å². The number of rotatable bonds is 1. The van der Waals surface area contributed by atoms with Crippen LogP contribution in [-0.4, -0.2) is 23.6 Å². The quantitative estimate of drug-likeness (QED) is 0.802. The molecular formula is C18H17NO2. The molecule has 0 aliphatic carbocycles. The van der Waals surface area contributed by atoms with Crippen molar-refractivity contribution in [1.82, 2.24) is 4.90 Å². The van der Waals surface area contributed by atoms with Crippen molar-refractivity contribution in [2.45, 2.75) is 25.1 Å². The lowest BCUT2D eigenvalue weighted by molar-refractivity contribution is 0.0237. The average Bonchev–Trinajstić information content (AvgIpc) is 2.91. The number of hydrogen-bond donors (Lipinski definition) is 0. The van der Waals surface area contributed by atoms with Crippen LogP contribution < -0.4 is 0 Å². The number of carbonyl (C=O) groups is 1. The van der Waals surface area contributed by atoms with Gasteiger partial charge in [0.15, 0.2) is 0 Å². The molecular weight excluding hydrogens is 262 g/mol. The molecule has 4 rings (SSSR count). The molecule has 0 spiro atoms. The molecule has 3 heteroatoms. The van der Waals surface area contributed by atoms with Crippen molar-refractivity contribution >= 4 is 5.91 Å². The third kappa shape index (κ3) is 2.05. The molecule has 0 bridgehead atoms. The minimum absolute atomic E-state index is 0.0230. The molecule has 0 N–H and O–H groups in total. The van der Waals surface area contributed by atoms with Gasteiger partial charge in [0, 0.05) is 5.56 Å². The molecule has 2 heterocycles. The van der Waals surface area contributed by atoms with Crippen LogP contribution in [0.1, 0.15) is 33.9 Å². The SMILES string of the molecule is O=C1c2ccccc2CC[C@H]2OC[C@@H](c3ccccc3)N12. The first kappa shape index (κ1) is 12.6. The second-order valence-electron chi connectivity index (χ2n) is 5.62. The fourth-order valence-electron chi connectivity index (χ4n) is 3.36. The highest BCUT2D eigenvalue weighted by molar-refractivity contribution is 5.96. The summed E-state index contributed by atoms with van der Waals surface area (Å²) in [6, 6.07) is 18.1. The molecule has 0 unspecified atom stereocenters. The summed E-state index contributed by atoms with van der Waals surface area (Å²) in [7, 11) is 0. The van der Waals surface area contributed by atoms with Crippen LogP contribution in [0.2, 0.25) is 0 Å². The van der Waals surface area contributed by atoms with Gasteiger partial charge in [0.05, 0.1) is 12.6 Å². The zero-order valence-electron chi connectivity index (χ0n) is 11.7. The molecule has 2 aliphatic heterocycles. The maximum Gasteiger partial charge on any atom is 0.256 e. The van der Waals surface area contributed by atoms with E-state index in [1.54, 1.807) is 0 Å².